The Hall–Kier alpha value is -3.60. The van der Waals surface area contributed by atoms with E-state index in [9.17, 15) is 9.59 Å². The summed E-state index contributed by atoms with van der Waals surface area (Å²) in [5.41, 5.74) is 5.58. The van der Waals surface area contributed by atoms with Gasteiger partial charge in [0, 0.05) is 18.0 Å². The van der Waals surface area contributed by atoms with Crippen LogP contribution in [0.2, 0.25) is 0 Å². The molecule has 0 unspecified atom stereocenters. The zero-order valence-electron chi connectivity index (χ0n) is 19.2. The molecule has 3 aromatic rings. The summed E-state index contributed by atoms with van der Waals surface area (Å²) < 4.78 is 10.9. The van der Waals surface area contributed by atoms with Crippen molar-refractivity contribution in [1.82, 2.24) is 5.32 Å². The Kier molecular flexibility index (Phi) is 4.94. The number of ketones is 1. The molecule has 2 aliphatic carbocycles. The summed E-state index contributed by atoms with van der Waals surface area (Å²) in [5.74, 6) is 1.70. The van der Waals surface area contributed by atoms with Gasteiger partial charge in [-0.2, -0.15) is 0 Å². The van der Waals surface area contributed by atoms with Gasteiger partial charge in [0.15, 0.2) is 11.5 Å². The van der Waals surface area contributed by atoms with Gasteiger partial charge >= 0.3 is 0 Å². The number of hydrogen-bond acceptors (Lipinski definition) is 4. The van der Waals surface area contributed by atoms with E-state index in [1.807, 2.05) is 48.5 Å². The second-order valence-corrected chi connectivity index (χ2v) is 9.72. The van der Waals surface area contributed by atoms with Gasteiger partial charge in [-0.15, -0.1) is 0 Å². The summed E-state index contributed by atoms with van der Waals surface area (Å²) in [6.07, 6.45) is 4.28. The van der Waals surface area contributed by atoms with Crippen LogP contribution < -0.4 is 14.8 Å². The number of carbonyl (C=O) groups excluding carboxylic acids is 2. The van der Waals surface area contributed by atoms with Crippen molar-refractivity contribution in [2.45, 2.75) is 50.5 Å². The van der Waals surface area contributed by atoms with Gasteiger partial charge < -0.3 is 14.8 Å². The molecule has 5 heteroatoms. The van der Waals surface area contributed by atoms with E-state index in [1.165, 1.54) is 0 Å². The zero-order chi connectivity index (χ0) is 23.3. The van der Waals surface area contributed by atoms with E-state index in [-0.39, 0.29) is 18.5 Å². The van der Waals surface area contributed by atoms with Gasteiger partial charge in [-0.25, -0.2) is 0 Å². The van der Waals surface area contributed by atoms with Crippen molar-refractivity contribution < 1.29 is 19.1 Å². The average molecular weight is 454 g/mol. The maximum Gasteiger partial charge on any atom is 0.251 e. The molecule has 1 heterocycles. The maximum atomic E-state index is 13.4. The van der Waals surface area contributed by atoms with Crippen molar-refractivity contribution in [3.8, 4) is 22.6 Å². The molecule has 0 atom stereocenters. The number of nitrogens with one attached hydrogen (secondary N) is 1. The first-order valence-electron chi connectivity index (χ1n) is 12.0. The van der Waals surface area contributed by atoms with Gasteiger partial charge in [-0.1, -0.05) is 36.4 Å². The average Bonchev–Trinajstić information content (AvgIpc) is 3.78. The predicted molar refractivity (Wildman–Crippen MR) is 129 cm³/mol. The maximum absolute atomic E-state index is 13.4. The number of benzene rings is 3. The smallest absolute Gasteiger partial charge is 0.251 e. The molecule has 1 N–H and O–H groups in total. The van der Waals surface area contributed by atoms with Crippen LogP contribution in [-0.2, 0) is 16.6 Å². The Morgan fingerprint density at radius 3 is 2.44 bits per heavy atom. The van der Waals surface area contributed by atoms with E-state index in [1.54, 1.807) is 0 Å². The first-order valence-corrected chi connectivity index (χ1v) is 12.0. The summed E-state index contributed by atoms with van der Waals surface area (Å²) in [7, 11) is 0. The fraction of sp³-hybridized carbons (Fsp3) is 0.310. The van der Waals surface area contributed by atoms with Crippen LogP contribution >= 0.6 is 0 Å². The second-order valence-electron chi connectivity index (χ2n) is 9.72. The van der Waals surface area contributed by atoms with Gasteiger partial charge in [0.1, 0.15) is 5.78 Å². The van der Waals surface area contributed by atoms with E-state index in [2.05, 4.69) is 24.4 Å². The molecule has 5 nitrogen and oxygen atoms in total. The highest BCUT2D eigenvalue weighted by Crippen LogP contribution is 2.51. The summed E-state index contributed by atoms with van der Waals surface area (Å²) in [6, 6.07) is 20.2. The van der Waals surface area contributed by atoms with Crippen molar-refractivity contribution in [3.63, 3.8) is 0 Å². The molecule has 0 aromatic heterocycles. The Morgan fingerprint density at radius 2 is 1.71 bits per heavy atom. The first-order chi connectivity index (χ1) is 16.5. The minimum absolute atomic E-state index is 0.0108. The van der Waals surface area contributed by atoms with E-state index in [0.717, 1.165) is 65.0 Å². The van der Waals surface area contributed by atoms with Gasteiger partial charge in [0.05, 0.1) is 5.41 Å². The van der Waals surface area contributed by atoms with Crippen LogP contribution in [0.5, 0.6) is 11.5 Å². The molecule has 1 amide bonds. The van der Waals surface area contributed by atoms with Crippen molar-refractivity contribution >= 4 is 11.7 Å². The molecule has 34 heavy (non-hydrogen) atoms. The molecule has 1 aliphatic heterocycles. The molecular weight excluding hydrogens is 426 g/mol. The number of rotatable bonds is 7. The Bertz CT molecular complexity index is 1290. The number of ether oxygens (including phenoxy) is 2. The van der Waals surface area contributed by atoms with E-state index in [4.69, 9.17) is 9.47 Å². The zero-order valence-corrected chi connectivity index (χ0v) is 19.2. The SMILES string of the molecule is Cc1ccc(CC(=O)C2(c3ccc4c(c3)OCO4)CC2)cc1-c1ccc(C(=O)NC2CC2)cc1. The number of aryl methyl sites for hydroxylation is 1. The highest BCUT2D eigenvalue weighted by atomic mass is 16.7. The third kappa shape index (κ3) is 3.85. The Labute approximate surface area is 199 Å². The highest BCUT2D eigenvalue weighted by Gasteiger charge is 2.50. The Balaban J connectivity index is 1.21. The summed E-state index contributed by atoms with van der Waals surface area (Å²) in [5, 5.41) is 3.03. The largest absolute Gasteiger partial charge is 0.454 e. The van der Waals surface area contributed by atoms with Crippen molar-refractivity contribution in [2.75, 3.05) is 6.79 Å². The topological polar surface area (TPSA) is 64.6 Å². The molecule has 6 rings (SSSR count). The van der Waals surface area contributed by atoms with Crippen LogP contribution in [-0.4, -0.2) is 24.5 Å². The normalized spacial score (nSPS) is 17.3. The number of hydrogen-bond donors (Lipinski definition) is 1. The minimum atomic E-state index is -0.414. The number of fused-ring (bicyclic) bond motifs is 1. The van der Waals surface area contributed by atoms with Crippen LogP contribution in [0.1, 0.15) is 52.7 Å². The van der Waals surface area contributed by atoms with Crippen molar-refractivity contribution in [1.29, 1.82) is 0 Å². The molecule has 2 fully saturated rings. The highest BCUT2D eigenvalue weighted by molar-refractivity contribution is 5.96. The minimum Gasteiger partial charge on any atom is -0.454 e. The molecule has 172 valence electrons. The molecule has 0 saturated heterocycles. The van der Waals surface area contributed by atoms with Crippen LogP contribution in [0.25, 0.3) is 11.1 Å². The van der Waals surface area contributed by atoms with Crippen molar-refractivity contribution in [3.05, 3.63) is 82.9 Å². The van der Waals surface area contributed by atoms with Crippen LogP contribution in [0.4, 0.5) is 0 Å². The van der Waals surface area contributed by atoms with E-state index < -0.39 is 5.41 Å². The standard InChI is InChI=1S/C29H27NO4/c1-18-2-3-19(14-24(18)20-4-6-21(7-5-20)28(32)30-23-9-10-23)15-27(31)29(12-13-29)22-8-11-25-26(16-22)34-17-33-25/h2-8,11,14,16,23H,9-10,12-13,15,17H2,1H3,(H,30,32). The molecular formula is C29H27NO4. The Morgan fingerprint density at radius 1 is 0.941 bits per heavy atom. The summed E-state index contributed by atoms with van der Waals surface area (Å²) in [6.45, 7) is 2.31. The lowest BCUT2D eigenvalue weighted by molar-refractivity contribution is -0.120. The van der Waals surface area contributed by atoms with Gasteiger partial charge in [0.2, 0.25) is 6.79 Å². The quantitative estimate of drug-likeness (QED) is 0.539. The molecule has 3 aliphatic rings. The third-order valence-electron chi connectivity index (χ3n) is 7.25. The number of carbonyl (C=O) groups is 2. The van der Waals surface area contributed by atoms with Crippen LogP contribution in [0.3, 0.4) is 0 Å². The molecule has 3 aromatic carbocycles. The lowest BCUT2D eigenvalue weighted by Crippen LogP contribution is -2.25. The fourth-order valence-electron chi connectivity index (χ4n) is 4.79. The van der Waals surface area contributed by atoms with E-state index >= 15 is 0 Å². The predicted octanol–water partition coefficient (Wildman–Crippen LogP) is 5.13. The monoisotopic (exact) mass is 453 g/mol. The number of amides is 1. The third-order valence-corrected chi connectivity index (χ3v) is 7.25. The molecule has 2 saturated carbocycles. The van der Waals surface area contributed by atoms with E-state index in [0.29, 0.717) is 18.0 Å². The van der Waals surface area contributed by atoms with Crippen LogP contribution in [0, 0.1) is 6.92 Å². The fourth-order valence-corrected chi connectivity index (χ4v) is 4.79. The van der Waals surface area contributed by atoms with Crippen molar-refractivity contribution in [2.24, 2.45) is 0 Å². The van der Waals surface area contributed by atoms with Gasteiger partial charge in [0.25, 0.3) is 5.91 Å². The number of Topliss-reactive ketones (excluding diaryl/α,β-unsaturated/α-hetero) is 1. The van der Waals surface area contributed by atoms with Crippen LogP contribution in [0.15, 0.2) is 60.7 Å². The molecule has 0 radical (unpaired) electrons. The second kappa shape index (κ2) is 8.01. The lowest BCUT2D eigenvalue weighted by Gasteiger charge is -2.16. The lowest BCUT2D eigenvalue weighted by atomic mass is 9.87. The summed E-state index contributed by atoms with van der Waals surface area (Å²) in [4.78, 5) is 25.7. The van der Waals surface area contributed by atoms with Gasteiger partial charge in [-0.05, 0) is 84.7 Å². The first kappa shape index (κ1) is 21.0. The molecule has 0 spiro atoms. The van der Waals surface area contributed by atoms with Gasteiger partial charge in [-0.3, -0.25) is 9.59 Å². The molecule has 0 bridgehead atoms. The summed E-state index contributed by atoms with van der Waals surface area (Å²) >= 11 is 0.